The SMILES string of the molecule is CCN(CC)CCCNC1CC2CC=CC21. The van der Waals surface area contributed by atoms with E-state index in [-0.39, 0.29) is 0 Å². The lowest BCUT2D eigenvalue weighted by molar-refractivity contribution is 0.161. The molecule has 0 aromatic rings. The highest BCUT2D eigenvalue weighted by atomic mass is 15.1. The van der Waals surface area contributed by atoms with E-state index in [1.54, 1.807) is 0 Å². The molecule has 0 bridgehead atoms. The first-order chi connectivity index (χ1) is 7.85. The molecule has 2 heteroatoms. The number of rotatable bonds is 7. The number of nitrogens with one attached hydrogen (secondary N) is 1. The summed E-state index contributed by atoms with van der Waals surface area (Å²) in [6, 6.07) is 0.792. The summed E-state index contributed by atoms with van der Waals surface area (Å²) >= 11 is 0. The molecule has 0 aromatic carbocycles. The molecule has 1 N–H and O–H groups in total. The Hall–Kier alpha value is -0.340. The summed E-state index contributed by atoms with van der Waals surface area (Å²) in [6.07, 6.45) is 8.83. The molecule has 2 aliphatic carbocycles. The van der Waals surface area contributed by atoms with Gasteiger partial charge in [0.25, 0.3) is 0 Å². The van der Waals surface area contributed by atoms with Gasteiger partial charge < -0.3 is 10.2 Å². The van der Waals surface area contributed by atoms with Crippen molar-refractivity contribution in [2.45, 2.75) is 39.2 Å². The van der Waals surface area contributed by atoms with Crippen LogP contribution in [0.25, 0.3) is 0 Å². The Bertz CT molecular complexity index is 233. The van der Waals surface area contributed by atoms with Crippen LogP contribution in [-0.2, 0) is 0 Å². The topological polar surface area (TPSA) is 15.3 Å². The van der Waals surface area contributed by atoms with Crippen LogP contribution in [0.4, 0.5) is 0 Å². The van der Waals surface area contributed by atoms with E-state index in [0.717, 1.165) is 17.9 Å². The van der Waals surface area contributed by atoms with Crippen molar-refractivity contribution < 1.29 is 0 Å². The van der Waals surface area contributed by atoms with Gasteiger partial charge in [-0.15, -0.1) is 0 Å². The first-order valence-corrected chi connectivity index (χ1v) is 6.97. The Kier molecular flexibility index (Phi) is 4.42. The number of hydrogen-bond donors (Lipinski definition) is 1. The fourth-order valence-electron chi connectivity index (χ4n) is 3.08. The van der Waals surface area contributed by atoms with E-state index < -0.39 is 0 Å². The Balaban J connectivity index is 1.54. The summed E-state index contributed by atoms with van der Waals surface area (Å²) in [5.74, 6) is 1.86. The van der Waals surface area contributed by atoms with E-state index in [2.05, 4.69) is 36.2 Å². The molecule has 0 amide bonds. The highest BCUT2D eigenvalue weighted by Gasteiger charge is 2.40. The number of hydrogen-bond acceptors (Lipinski definition) is 2. The molecule has 92 valence electrons. The van der Waals surface area contributed by atoms with Crippen LogP contribution in [0.1, 0.15) is 33.1 Å². The maximum absolute atomic E-state index is 3.72. The Morgan fingerprint density at radius 2 is 2.12 bits per heavy atom. The van der Waals surface area contributed by atoms with Gasteiger partial charge in [0, 0.05) is 6.04 Å². The molecule has 0 radical (unpaired) electrons. The van der Waals surface area contributed by atoms with Crippen LogP contribution >= 0.6 is 0 Å². The molecule has 0 spiro atoms. The van der Waals surface area contributed by atoms with Crippen LogP contribution in [0.5, 0.6) is 0 Å². The smallest absolute Gasteiger partial charge is 0.0136 e. The van der Waals surface area contributed by atoms with Crippen LogP contribution in [0, 0.1) is 11.8 Å². The zero-order valence-electron chi connectivity index (χ0n) is 10.8. The minimum absolute atomic E-state index is 0.792. The highest BCUT2D eigenvalue weighted by Crippen LogP contribution is 2.42. The number of nitrogens with zero attached hydrogens (tertiary/aromatic N) is 1. The van der Waals surface area contributed by atoms with Crippen LogP contribution in [0.3, 0.4) is 0 Å². The third-order valence-electron chi connectivity index (χ3n) is 4.31. The molecule has 2 nitrogen and oxygen atoms in total. The molecule has 1 saturated carbocycles. The van der Waals surface area contributed by atoms with Gasteiger partial charge in [-0.25, -0.2) is 0 Å². The van der Waals surface area contributed by atoms with E-state index in [9.17, 15) is 0 Å². The van der Waals surface area contributed by atoms with Crippen LogP contribution in [0.15, 0.2) is 12.2 Å². The predicted molar refractivity (Wildman–Crippen MR) is 69.5 cm³/mol. The standard InChI is InChI=1S/C14H26N2/c1-3-16(4-2)10-6-9-15-14-11-12-7-5-8-13(12)14/h5,8,12-15H,3-4,6-7,9-11H2,1-2H3. The molecule has 0 aliphatic heterocycles. The maximum atomic E-state index is 3.72. The third kappa shape index (κ3) is 2.67. The monoisotopic (exact) mass is 222 g/mol. The molecule has 0 saturated heterocycles. The highest BCUT2D eigenvalue weighted by molar-refractivity contribution is 5.12. The van der Waals surface area contributed by atoms with E-state index in [4.69, 9.17) is 0 Å². The van der Waals surface area contributed by atoms with Gasteiger partial charge in [-0.2, -0.15) is 0 Å². The third-order valence-corrected chi connectivity index (χ3v) is 4.31. The fraction of sp³-hybridized carbons (Fsp3) is 0.857. The van der Waals surface area contributed by atoms with Crippen molar-refractivity contribution in [2.24, 2.45) is 11.8 Å². The molecular formula is C14H26N2. The van der Waals surface area contributed by atoms with Crippen molar-refractivity contribution in [3.05, 3.63) is 12.2 Å². The van der Waals surface area contributed by atoms with Gasteiger partial charge in [0.2, 0.25) is 0 Å². The van der Waals surface area contributed by atoms with Crippen LogP contribution in [-0.4, -0.2) is 37.1 Å². The summed E-state index contributed by atoms with van der Waals surface area (Å²) in [5.41, 5.74) is 0. The molecule has 2 rings (SSSR count). The lowest BCUT2D eigenvalue weighted by atomic mass is 9.71. The predicted octanol–water partition coefficient (Wildman–Crippen LogP) is 2.27. The van der Waals surface area contributed by atoms with Gasteiger partial charge >= 0.3 is 0 Å². The minimum Gasteiger partial charge on any atom is -0.313 e. The lowest BCUT2D eigenvalue weighted by Crippen LogP contribution is -2.48. The van der Waals surface area contributed by atoms with E-state index in [0.29, 0.717) is 0 Å². The van der Waals surface area contributed by atoms with E-state index in [1.165, 1.54) is 45.4 Å². The minimum atomic E-state index is 0.792. The second-order valence-electron chi connectivity index (χ2n) is 5.18. The van der Waals surface area contributed by atoms with Crippen LogP contribution in [0.2, 0.25) is 0 Å². The quantitative estimate of drug-likeness (QED) is 0.525. The van der Waals surface area contributed by atoms with E-state index in [1.807, 2.05) is 0 Å². The average molecular weight is 222 g/mol. The largest absolute Gasteiger partial charge is 0.313 e. The first kappa shape index (κ1) is 12.1. The Labute approximate surface area is 100 Å². The summed E-state index contributed by atoms with van der Waals surface area (Å²) in [5, 5.41) is 3.72. The summed E-state index contributed by atoms with van der Waals surface area (Å²) < 4.78 is 0. The summed E-state index contributed by atoms with van der Waals surface area (Å²) in [4.78, 5) is 2.50. The van der Waals surface area contributed by atoms with Crippen molar-refractivity contribution in [3.63, 3.8) is 0 Å². The molecule has 0 heterocycles. The molecule has 3 atom stereocenters. The van der Waals surface area contributed by atoms with Gasteiger partial charge in [-0.3, -0.25) is 0 Å². The molecule has 0 aromatic heterocycles. The van der Waals surface area contributed by atoms with Gasteiger partial charge in [-0.1, -0.05) is 26.0 Å². The first-order valence-electron chi connectivity index (χ1n) is 6.97. The fourth-order valence-corrected chi connectivity index (χ4v) is 3.08. The van der Waals surface area contributed by atoms with Gasteiger partial charge in [0.1, 0.15) is 0 Å². The second kappa shape index (κ2) is 5.83. The molecule has 3 unspecified atom stereocenters. The number of allylic oxidation sites excluding steroid dienone is 1. The van der Waals surface area contributed by atoms with Crippen molar-refractivity contribution in [1.29, 1.82) is 0 Å². The van der Waals surface area contributed by atoms with Gasteiger partial charge in [0.05, 0.1) is 0 Å². The maximum Gasteiger partial charge on any atom is 0.0136 e. The normalized spacial score (nSPS) is 31.8. The summed E-state index contributed by atoms with van der Waals surface area (Å²) in [6.45, 7) is 9.31. The molecule has 1 fully saturated rings. The van der Waals surface area contributed by atoms with Gasteiger partial charge in [0.15, 0.2) is 0 Å². The zero-order chi connectivity index (χ0) is 11.4. The van der Waals surface area contributed by atoms with Crippen LogP contribution < -0.4 is 5.32 Å². The van der Waals surface area contributed by atoms with Crippen molar-refractivity contribution >= 4 is 0 Å². The van der Waals surface area contributed by atoms with Crippen molar-refractivity contribution in [1.82, 2.24) is 10.2 Å². The second-order valence-corrected chi connectivity index (χ2v) is 5.18. The Morgan fingerprint density at radius 1 is 1.31 bits per heavy atom. The lowest BCUT2D eigenvalue weighted by Gasteiger charge is -2.41. The molecular weight excluding hydrogens is 196 g/mol. The molecule has 2 aliphatic rings. The molecule has 16 heavy (non-hydrogen) atoms. The van der Waals surface area contributed by atoms with Crippen molar-refractivity contribution in [3.8, 4) is 0 Å². The number of fused-ring (bicyclic) bond motifs is 1. The van der Waals surface area contributed by atoms with Crippen molar-refractivity contribution in [2.75, 3.05) is 26.2 Å². The zero-order valence-corrected chi connectivity index (χ0v) is 10.8. The van der Waals surface area contributed by atoms with Gasteiger partial charge in [-0.05, 0) is 57.3 Å². The Morgan fingerprint density at radius 3 is 2.81 bits per heavy atom. The average Bonchev–Trinajstić information content (AvgIpc) is 2.65. The summed E-state index contributed by atoms with van der Waals surface area (Å²) in [7, 11) is 0. The van der Waals surface area contributed by atoms with E-state index >= 15 is 0 Å².